The van der Waals surface area contributed by atoms with Gasteiger partial charge in [0.2, 0.25) is 5.75 Å². The lowest BCUT2D eigenvalue weighted by atomic mass is 10.3. The number of nitro groups is 1. The summed E-state index contributed by atoms with van der Waals surface area (Å²) >= 11 is 1.21. The second kappa shape index (κ2) is 4.96. The van der Waals surface area contributed by atoms with E-state index in [2.05, 4.69) is 4.98 Å². The van der Waals surface area contributed by atoms with Gasteiger partial charge in [-0.15, -0.1) is 11.3 Å². The first-order chi connectivity index (χ1) is 8.58. The van der Waals surface area contributed by atoms with Crippen molar-refractivity contribution >= 4 is 22.2 Å². The van der Waals surface area contributed by atoms with Crippen LogP contribution in [0.1, 0.15) is 5.69 Å². The highest BCUT2D eigenvalue weighted by Crippen LogP contribution is 2.30. The lowest BCUT2D eigenvalue weighted by molar-refractivity contribution is -0.386. The lowest BCUT2D eigenvalue weighted by Gasteiger charge is -2.05. The Kier molecular flexibility index (Phi) is 3.38. The van der Waals surface area contributed by atoms with E-state index in [9.17, 15) is 14.5 Å². The van der Waals surface area contributed by atoms with Gasteiger partial charge in [-0.2, -0.15) is 0 Å². The average molecular weight is 269 g/mol. The van der Waals surface area contributed by atoms with E-state index >= 15 is 0 Å². The van der Waals surface area contributed by atoms with Crippen LogP contribution >= 0.6 is 11.3 Å². The van der Waals surface area contributed by atoms with Gasteiger partial charge in [-0.3, -0.25) is 10.1 Å². The molecule has 0 saturated carbocycles. The minimum atomic E-state index is -0.785. The van der Waals surface area contributed by atoms with E-state index in [1.54, 1.807) is 5.38 Å². The maximum absolute atomic E-state index is 13.4. The predicted molar refractivity (Wildman–Crippen MR) is 63.9 cm³/mol. The maximum Gasteiger partial charge on any atom is 0.314 e. The zero-order valence-corrected chi connectivity index (χ0v) is 9.82. The summed E-state index contributed by atoms with van der Waals surface area (Å²) in [7, 11) is 0. The van der Waals surface area contributed by atoms with Crippen LogP contribution < -0.4 is 10.5 Å². The summed E-state index contributed by atoms with van der Waals surface area (Å²) in [6.45, 7) is -0.0739. The molecule has 0 spiro atoms. The van der Waals surface area contributed by atoms with Gasteiger partial charge in [0, 0.05) is 11.4 Å². The number of nitrogen functional groups attached to an aromatic ring is 1. The van der Waals surface area contributed by atoms with Crippen molar-refractivity contribution in [1.29, 1.82) is 0 Å². The molecule has 0 bridgehead atoms. The topological polar surface area (TPSA) is 91.3 Å². The average Bonchev–Trinajstić information content (AvgIpc) is 2.73. The van der Waals surface area contributed by atoms with Crippen molar-refractivity contribution in [2.24, 2.45) is 0 Å². The Morgan fingerprint density at radius 2 is 2.33 bits per heavy atom. The van der Waals surface area contributed by atoms with Crippen LogP contribution in [0.15, 0.2) is 23.6 Å². The number of anilines is 1. The van der Waals surface area contributed by atoms with Crippen molar-refractivity contribution in [3.8, 4) is 5.75 Å². The summed E-state index contributed by atoms with van der Waals surface area (Å²) in [6.07, 6.45) is 0. The number of nitrogens with two attached hydrogens (primary N) is 1. The molecule has 18 heavy (non-hydrogen) atoms. The number of nitrogens with zero attached hydrogens (tertiary/aromatic N) is 2. The number of benzene rings is 1. The number of ether oxygens (including phenoxy) is 1. The number of nitro benzene ring substituents is 1. The van der Waals surface area contributed by atoms with Gasteiger partial charge in [-0.05, 0) is 6.07 Å². The third-order valence-electron chi connectivity index (χ3n) is 2.08. The Balaban J connectivity index is 2.20. The van der Waals surface area contributed by atoms with Crippen molar-refractivity contribution in [1.82, 2.24) is 4.98 Å². The number of thiazole rings is 1. The fourth-order valence-electron chi connectivity index (χ4n) is 1.32. The number of aromatic nitrogens is 1. The molecule has 2 rings (SSSR count). The van der Waals surface area contributed by atoms with Crippen LogP contribution in [0.25, 0.3) is 0 Å². The molecule has 1 heterocycles. The van der Waals surface area contributed by atoms with E-state index in [1.165, 1.54) is 23.5 Å². The smallest absolute Gasteiger partial charge is 0.314 e. The molecular formula is C10H8FN3O3S. The molecule has 0 aliphatic carbocycles. The fraction of sp³-hybridized carbons (Fsp3) is 0.100. The van der Waals surface area contributed by atoms with Crippen LogP contribution in [0.5, 0.6) is 5.75 Å². The first-order valence-corrected chi connectivity index (χ1v) is 5.71. The first-order valence-electron chi connectivity index (χ1n) is 4.83. The molecule has 0 fully saturated rings. The minimum absolute atomic E-state index is 0.0739. The van der Waals surface area contributed by atoms with Gasteiger partial charge < -0.3 is 10.5 Å². The number of para-hydroxylation sites is 1. The Bertz CT molecular complexity index is 587. The van der Waals surface area contributed by atoms with Crippen LogP contribution in [0.2, 0.25) is 0 Å². The second-order valence-corrected chi connectivity index (χ2v) is 4.20. The first kappa shape index (κ1) is 12.2. The monoisotopic (exact) mass is 269 g/mol. The van der Waals surface area contributed by atoms with Crippen molar-refractivity contribution in [3.05, 3.63) is 45.2 Å². The van der Waals surface area contributed by atoms with E-state index in [0.717, 1.165) is 6.07 Å². The normalized spacial score (nSPS) is 10.3. The van der Waals surface area contributed by atoms with Crippen molar-refractivity contribution in [3.63, 3.8) is 0 Å². The molecule has 0 radical (unpaired) electrons. The van der Waals surface area contributed by atoms with Crippen LogP contribution in [0, 0.1) is 15.9 Å². The summed E-state index contributed by atoms with van der Waals surface area (Å²) < 4.78 is 18.5. The third-order valence-corrected chi connectivity index (χ3v) is 2.80. The third kappa shape index (κ3) is 2.54. The molecule has 0 atom stereocenters. The van der Waals surface area contributed by atoms with E-state index in [1.807, 2.05) is 0 Å². The number of hydrogen-bond donors (Lipinski definition) is 1. The summed E-state index contributed by atoms with van der Waals surface area (Å²) in [5.74, 6) is -1.18. The van der Waals surface area contributed by atoms with E-state index in [4.69, 9.17) is 10.5 Å². The fourth-order valence-corrected chi connectivity index (χ4v) is 1.87. The highest BCUT2D eigenvalue weighted by molar-refractivity contribution is 7.13. The zero-order valence-electron chi connectivity index (χ0n) is 9.00. The molecule has 0 saturated heterocycles. The Labute approximate surface area is 105 Å². The van der Waals surface area contributed by atoms with Gasteiger partial charge in [0.1, 0.15) is 6.61 Å². The summed E-state index contributed by atoms with van der Waals surface area (Å²) in [4.78, 5) is 13.9. The predicted octanol–water partition coefficient (Wildman–Crippen LogP) is 2.35. The lowest BCUT2D eigenvalue weighted by Crippen LogP contribution is -2.01. The van der Waals surface area contributed by atoms with Gasteiger partial charge in [0.25, 0.3) is 0 Å². The largest absolute Gasteiger partial charge is 0.478 e. The molecule has 0 unspecified atom stereocenters. The second-order valence-electron chi connectivity index (χ2n) is 3.31. The van der Waals surface area contributed by atoms with Crippen LogP contribution in [0.4, 0.5) is 15.2 Å². The van der Waals surface area contributed by atoms with Crippen molar-refractivity contribution in [2.75, 3.05) is 5.73 Å². The maximum atomic E-state index is 13.4. The summed E-state index contributed by atoms with van der Waals surface area (Å²) in [5, 5.41) is 12.7. The molecule has 8 heteroatoms. The van der Waals surface area contributed by atoms with E-state index in [-0.39, 0.29) is 6.61 Å². The molecule has 2 aromatic rings. The summed E-state index contributed by atoms with van der Waals surface area (Å²) in [6, 6.07) is 3.52. The minimum Gasteiger partial charge on any atom is -0.478 e. The highest BCUT2D eigenvalue weighted by Gasteiger charge is 2.19. The molecule has 2 N–H and O–H groups in total. The molecule has 0 aliphatic rings. The SMILES string of the molecule is Nc1nc(COc2c(F)cccc2[N+](=O)[O-])cs1. The molecule has 0 aliphatic heterocycles. The molecule has 6 nitrogen and oxygen atoms in total. The summed E-state index contributed by atoms with van der Waals surface area (Å²) in [5.41, 5.74) is 5.50. The van der Waals surface area contributed by atoms with E-state index < -0.39 is 22.2 Å². The molecule has 1 aromatic heterocycles. The molecule has 0 amide bonds. The Hall–Kier alpha value is -2.22. The highest BCUT2D eigenvalue weighted by atomic mass is 32.1. The molecule has 1 aromatic carbocycles. The van der Waals surface area contributed by atoms with Crippen molar-refractivity contribution < 1.29 is 14.1 Å². The number of hydrogen-bond acceptors (Lipinski definition) is 6. The van der Waals surface area contributed by atoms with Gasteiger partial charge in [-0.1, -0.05) is 6.07 Å². The Morgan fingerprint density at radius 3 is 2.94 bits per heavy atom. The van der Waals surface area contributed by atoms with Crippen LogP contribution in [-0.4, -0.2) is 9.91 Å². The molecular weight excluding hydrogens is 261 g/mol. The Morgan fingerprint density at radius 1 is 1.56 bits per heavy atom. The van der Waals surface area contributed by atoms with Gasteiger partial charge >= 0.3 is 5.69 Å². The van der Waals surface area contributed by atoms with E-state index in [0.29, 0.717) is 10.8 Å². The van der Waals surface area contributed by atoms with Crippen LogP contribution in [0.3, 0.4) is 0 Å². The standard InChI is InChI=1S/C10H8FN3O3S/c11-7-2-1-3-8(14(15)16)9(7)17-4-6-5-18-10(12)13-6/h1-3,5H,4H2,(H2,12,13). The van der Waals surface area contributed by atoms with Crippen molar-refractivity contribution in [2.45, 2.75) is 6.61 Å². The van der Waals surface area contributed by atoms with Crippen LogP contribution in [-0.2, 0) is 6.61 Å². The van der Waals surface area contributed by atoms with Gasteiger partial charge in [0.15, 0.2) is 10.9 Å². The zero-order chi connectivity index (χ0) is 13.1. The van der Waals surface area contributed by atoms with Gasteiger partial charge in [0.05, 0.1) is 10.6 Å². The number of rotatable bonds is 4. The quantitative estimate of drug-likeness (QED) is 0.679. The number of halogens is 1. The van der Waals surface area contributed by atoms with Gasteiger partial charge in [-0.25, -0.2) is 9.37 Å². The molecule has 94 valence electrons.